The molecule has 2 aromatic carbocycles. The molecule has 1 amide bonds. The van der Waals surface area contributed by atoms with Crippen LogP contribution in [0, 0.1) is 20.8 Å². The lowest BCUT2D eigenvalue weighted by Crippen LogP contribution is -2.16. The van der Waals surface area contributed by atoms with Gasteiger partial charge in [-0.15, -0.1) is 0 Å². The molecule has 6 heteroatoms. The Morgan fingerprint density at radius 3 is 2.43 bits per heavy atom. The first-order valence-electron chi connectivity index (χ1n) is 9.05. The van der Waals surface area contributed by atoms with Crippen LogP contribution in [0.4, 0.5) is 11.6 Å². The van der Waals surface area contributed by atoms with E-state index in [1.807, 2.05) is 56.3 Å². The number of hydrogen-bond acceptors (Lipinski definition) is 5. The highest BCUT2D eigenvalue weighted by atomic mass is 16.5. The summed E-state index contributed by atoms with van der Waals surface area (Å²) in [6, 6.07) is 13.6. The monoisotopic (exact) mass is 376 g/mol. The Balaban J connectivity index is 1.65. The van der Waals surface area contributed by atoms with E-state index >= 15 is 0 Å². The number of carbonyl (C=O) groups excluding carboxylic acids is 1. The molecule has 0 saturated heterocycles. The zero-order valence-corrected chi connectivity index (χ0v) is 16.5. The van der Waals surface area contributed by atoms with Crippen LogP contribution in [0.1, 0.15) is 32.7 Å². The number of nitrogens with zero attached hydrogens (tertiary/aromatic N) is 2. The Morgan fingerprint density at radius 2 is 1.79 bits per heavy atom. The molecule has 0 atom stereocenters. The van der Waals surface area contributed by atoms with Crippen molar-refractivity contribution in [3.8, 4) is 5.75 Å². The number of hydrogen-bond donors (Lipinski definition) is 2. The summed E-state index contributed by atoms with van der Waals surface area (Å²) < 4.78 is 5.16. The molecule has 1 heterocycles. The maximum absolute atomic E-state index is 12.6. The number of ether oxygens (including phenoxy) is 1. The van der Waals surface area contributed by atoms with Gasteiger partial charge in [-0.1, -0.05) is 18.2 Å². The number of nitrogens with one attached hydrogen (secondary N) is 2. The first-order valence-corrected chi connectivity index (χ1v) is 9.05. The van der Waals surface area contributed by atoms with Gasteiger partial charge < -0.3 is 15.4 Å². The van der Waals surface area contributed by atoms with Gasteiger partial charge in [-0.25, -0.2) is 9.97 Å². The van der Waals surface area contributed by atoms with Crippen molar-refractivity contribution in [2.24, 2.45) is 0 Å². The molecule has 6 nitrogen and oxygen atoms in total. The number of anilines is 2. The molecule has 144 valence electrons. The predicted octanol–water partition coefficient (Wildman–Crippen LogP) is 4.27. The molecule has 0 aliphatic rings. The summed E-state index contributed by atoms with van der Waals surface area (Å²) in [5.41, 5.74) is 5.23. The number of methoxy groups -OCH3 is 1. The van der Waals surface area contributed by atoms with Gasteiger partial charge in [0.25, 0.3) is 5.91 Å². The van der Waals surface area contributed by atoms with Gasteiger partial charge in [-0.05, 0) is 61.7 Å². The number of aromatic nitrogens is 2. The average Bonchev–Trinajstić information content (AvgIpc) is 2.69. The molecule has 0 spiro atoms. The highest BCUT2D eigenvalue weighted by molar-refractivity contribution is 6.04. The minimum Gasteiger partial charge on any atom is -0.497 e. The number of carbonyl (C=O) groups is 1. The molecule has 0 fully saturated rings. The number of rotatable bonds is 6. The third-order valence-electron chi connectivity index (χ3n) is 4.60. The summed E-state index contributed by atoms with van der Waals surface area (Å²) in [5, 5.41) is 6.08. The molecule has 0 radical (unpaired) electrons. The molecule has 28 heavy (non-hydrogen) atoms. The van der Waals surface area contributed by atoms with E-state index in [-0.39, 0.29) is 5.91 Å². The molecule has 0 unspecified atom stereocenters. The van der Waals surface area contributed by atoms with E-state index in [0.717, 1.165) is 22.6 Å². The van der Waals surface area contributed by atoms with Crippen LogP contribution in [0.3, 0.4) is 0 Å². The van der Waals surface area contributed by atoms with Crippen LogP contribution in [0.25, 0.3) is 0 Å². The second-order valence-corrected chi connectivity index (χ2v) is 6.65. The zero-order valence-electron chi connectivity index (χ0n) is 16.5. The molecule has 2 N–H and O–H groups in total. The Kier molecular flexibility index (Phi) is 5.89. The summed E-state index contributed by atoms with van der Waals surface area (Å²) >= 11 is 0. The topological polar surface area (TPSA) is 76.1 Å². The first-order chi connectivity index (χ1) is 13.5. The molecular weight excluding hydrogens is 352 g/mol. The number of amides is 1. The van der Waals surface area contributed by atoms with Gasteiger partial charge in [0.2, 0.25) is 5.95 Å². The van der Waals surface area contributed by atoms with Crippen molar-refractivity contribution in [3.05, 3.63) is 76.6 Å². The highest BCUT2D eigenvalue weighted by Gasteiger charge is 2.12. The van der Waals surface area contributed by atoms with E-state index in [1.54, 1.807) is 20.2 Å². The van der Waals surface area contributed by atoms with Crippen LogP contribution < -0.4 is 15.4 Å². The van der Waals surface area contributed by atoms with Crippen LogP contribution >= 0.6 is 0 Å². The SMILES string of the molecule is COc1ccc(CNc2ncc(C(=O)Nc3ccc(C)c(C)c3)c(C)n2)cc1. The van der Waals surface area contributed by atoms with Crippen molar-refractivity contribution in [1.82, 2.24) is 9.97 Å². The van der Waals surface area contributed by atoms with E-state index in [1.165, 1.54) is 5.56 Å². The van der Waals surface area contributed by atoms with Gasteiger partial charge in [0, 0.05) is 18.4 Å². The molecule has 0 bridgehead atoms. The second kappa shape index (κ2) is 8.52. The van der Waals surface area contributed by atoms with E-state index in [9.17, 15) is 4.79 Å². The fourth-order valence-electron chi connectivity index (χ4n) is 2.72. The van der Waals surface area contributed by atoms with Crippen molar-refractivity contribution >= 4 is 17.5 Å². The molecule has 3 aromatic rings. The molecular formula is C22H24N4O2. The van der Waals surface area contributed by atoms with Crippen LogP contribution in [0.15, 0.2) is 48.7 Å². The molecule has 0 aliphatic carbocycles. The predicted molar refractivity (Wildman–Crippen MR) is 111 cm³/mol. The lowest BCUT2D eigenvalue weighted by molar-refractivity contribution is 0.102. The van der Waals surface area contributed by atoms with Crippen molar-refractivity contribution in [2.75, 3.05) is 17.7 Å². The number of benzene rings is 2. The zero-order chi connectivity index (χ0) is 20.1. The third kappa shape index (κ3) is 4.65. The lowest BCUT2D eigenvalue weighted by Gasteiger charge is -2.11. The maximum atomic E-state index is 12.6. The molecule has 1 aromatic heterocycles. The molecule has 0 aliphatic heterocycles. The van der Waals surface area contributed by atoms with Gasteiger partial charge in [-0.3, -0.25) is 4.79 Å². The van der Waals surface area contributed by atoms with E-state index in [0.29, 0.717) is 23.8 Å². The van der Waals surface area contributed by atoms with Gasteiger partial charge in [0.05, 0.1) is 18.4 Å². The minimum absolute atomic E-state index is 0.220. The smallest absolute Gasteiger partial charge is 0.259 e. The van der Waals surface area contributed by atoms with Gasteiger partial charge >= 0.3 is 0 Å². The summed E-state index contributed by atoms with van der Waals surface area (Å²) in [6.07, 6.45) is 1.55. The molecule has 0 saturated carbocycles. The Bertz CT molecular complexity index is 984. The van der Waals surface area contributed by atoms with Crippen LogP contribution in [-0.2, 0) is 6.54 Å². The van der Waals surface area contributed by atoms with Gasteiger partial charge in [0.1, 0.15) is 5.75 Å². The maximum Gasteiger partial charge on any atom is 0.259 e. The number of aryl methyl sites for hydroxylation is 3. The summed E-state index contributed by atoms with van der Waals surface area (Å²) in [5.74, 6) is 1.08. The van der Waals surface area contributed by atoms with Crippen molar-refractivity contribution < 1.29 is 9.53 Å². The highest BCUT2D eigenvalue weighted by Crippen LogP contribution is 2.17. The van der Waals surface area contributed by atoms with Crippen molar-refractivity contribution in [2.45, 2.75) is 27.3 Å². The van der Waals surface area contributed by atoms with Crippen molar-refractivity contribution in [3.63, 3.8) is 0 Å². The van der Waals surface area contributed by atoms with Crippen LogP contribution in [0.5, 0.6) is 5.75 Å². The normalized spacial score (nSPS) is 10.4. The quantitative estimate of drug-likeness (QED) is 0.672. The van der Waals surface area contributed by atoms with Crippen LogP contribution in [-0.4, -0.2) is 23.0 Å². The summed E-state index contributed by atoms with van der Waals surface area (Å²) in [4.78, 5) is 21.2. The Labute approximate surface area is 165 Å². The van der Waals surface area contributed by atoms with Crippen LogP contribution in [0.2, 0.25) is 0 Å². The first kappa shape index (κ1) is 19.4. The fraction of sp³-hybridized carbons (Fsp3) is 0.227. The van der Waals surface area contributed by atoms with E-state index in [4.69, 9.17) is 4.74 Å². The Morgan fingerprint density at radius 1 is 1.04 bits per heavy atom. The van der Waals surface area contributed by atoms with Crippen molar-refractivity contribution in [1.29, 1.82) is 0 Å². The van der Waals surface area contributed by atoms with Gasteiger partial charge in [-0.2, -0.15) is 0 Å². The third-order valence-corrected chi connectivity index (χ3v) is 4.60. The van der Waals surface area contributed by atoms with E-state index < -0.39 is 0 Å². The Hall–Kier alpha value is -3.41. The fourth-order valence-corrected chi connectivity index (χ4v) is 2.72. The standard InChI is InChI=1S/C22H24N4O2/c1-14-5-8-18(11-15(14)2)26-21(27)20-13-24-22(25-16(20)3)23-12-17-6-9-19(28-4)10-7-17/h5-11,13H,12H2,1-4H3,(H,26,27)(H,23,24,25). The van der Waals surface area contributed by atoms with E-state index in [2.05, 4.69) is 20.6 Å². The summed E-state index contributed by atoms with van der Waals surface area (Å²) in [6.45, 7) is 6.44. The van der Waals surface area contributed by atoms with Gasteiger partial charge in [0.15, 0.2) is 0 Å². The average molecular weight is 376 g/mol. The molecule has 3 rings (SSSR count). The largest absolute Gasteiger partial charge is 0.497 e. The summed E-state index contributed by atoms with van der Waals surface area (Å²) in [7, 11) is 1.64. The lowest BCUT2D eigenvalue weighted by atomic mass is 10.1. The second-order valence-electron chi connectivity index (χ2n) is 6.65. The minimum atomic E-state index is -0.220.